The van der Waals surface area contributed by atoms with Crippen LogP contribution < -0.4 is 0 Å². The van der Waals surface area contributed by atoms with Crippen molar-refractivity contribution in [1.29, 1.82) is 0 Å². The highest BCUT2D eigenvalue weighted by atomic mass is 16.3. The van der Waals surface area contributed by atoms with Crippen LogP contribution in [0.3, 0.4) is 0 Å². The summed E-state index contributed by atoms with van der Waals surface area (Å²) in [6.07, 6.45) is 7.31. The third-order valence-corrected chi connectivity index (χ3v) is 2.51. The fourth-order valence-corrected chi connectivity index (χ4v) is 1.84. The Bertz CT molecular complexity index is 82.7. The van der Waals surface area contributed by atoms with Crippen LogP contribution in [0.25, 0.3) is 0 Å². The lowest BCUT2D eigenvalue weighted by atomic mass is 9.85. The molecule has 0 aromatic carbocycles. The van der Waals surface area contributed by atoms with Gasteiger partial charge in [0, 0.05) is 0 Å². The van der Waals surface area contributed by atoms with Crippen LogP contribution in [0, 0.1) is 5.92 Å². The Hall–Kier alpha value is -0.0400. The van der Waals surface area contributed by atoms with E-state index in [0.29, 0.717) is 0 Å². The van der Waals surface area contributed by atoms with Gasteiger partial charge in [-0.2, -0.15) is 0 Å². The number of hydrogen-bond donors (Lipinski definition) is 1. The molecule has 0 aromatic rings. The van der Waals surface area contributed by atoms with Gasteiger partial charge < -0.3 is 5.11 Å². The molecule has 1 aliphatic rings. The standard InChI is InChI=1S/C9H18O/c1-2-3-8-4-6-9(10)7-5-8/h8-10H,2-7H2,1H3/t8-,9-. The van der Waals surface area contributed by atoms with Crippen LogP contribution in [-0.4, -0.2) is 11.2 Å². The second kappa shape index (κ2) is 3.97. The average molecular weight is 142 g/mol. The fourth-order valence-electron chi connectivity index (χ4n) is 1.84. The van der Waals surface area contributed by atoms with E-state index in [2.05, 4.69) is 6.92 Å². The highest BCUT2D eigenvalue weighted by Gasteiger charge is 2.17. The number of rotatable bonds is 2. The van der Waals surface area contributed by atoms with Crippen molar-refractivity contribution in [3.63, 3.8) is 0 Å². The van der Waals surface area contributed by atoms with Crippen LogP contribution in [0.15, 0.2) is 0 Å². The molecule has 0 aromatic heterocycles. The molecule has 1 heteroatoms. The summed E-state index contributed by atoms with van der Waals surface area (Å²) >= 11 is 0. The van der Waals surface area contributed by atoms with Gasteiger partial charge in [-0.15, -0.1) is 0 Å². The molecule has 1 aliphatic carbocycles. The predicted molar refractivity (Wildman–Crippen MR) is 42.9 cm³/mol. The van der Waals surface area contributed by atoms with E-state index < -0.39 is 0 Å². The molecule has 0 spiro atoms. The summed E-state index contributed by atoms with van der Waals surface area (Å²) in [4.78, 5) is 0. The summed E-state index contributed by atoms with van der Waals surface area (Å²) in [5.41, 5.74) is 0. The third kappa shape index (κ3) is 2.30. The summed E-state index contributed by atoms with van der Waals surface area (Å²) in [6, 6.07) is 0. The van der Waals surface area contributed by atoms with Crippen LogP contribution in [0.1, 0.15) is 45.4 Å². The van der Waals surface area contributed by atoms with Crippen LogP contribution in [0.5, 0.6) is 0 Å². The molecule has 0 unspecified atom stereocenters. The second-order valence-electron chi connectivity index (χ2n) is 3.46. The maximum absolute atomic E-state index is 9.20. The molecule has 10 heavy (non-hydrogen) atoms. The minimum absolute atomic E-state index is 0.0214. The topological polar surface area (TPSA) is 20.2 Å². The van der Waals surface area contributed by atoms with Crippen molar-refractivity contribution in [2.24, 2.45) is 5.92 Å². The zero-order valence-electron chi connectivity index (χ0n) is 6.84. The SMILES string of the molecule is CCC[C@H]1CC[C@H](O)CC1. The Kier molecular flexibility index (Phi) is 3.20. The highest BCUT2D eigenvalue weighted by molar-refractivity contribution is 4.70. The quantitative estimate of drug-likeness (QED) is 0.627. The molecule has 0 radical (unpaired) electrons. The Morgan fingerprint density at radius 1 is 1.20 bits per heavy atom. The van der Waals surface area contributed by atoms with Crippen molar-refractivity contribution >= 4 is 0 Å². The smallest absolute Gasteiger partial charge is 0.0540 e. The monoisotopic (exact) mass is 142 g/mol. The molecule has 0 heterocycles. The van der Waals surface area contributed by atoms with Gasteiger partial charge in [0.1, 0.15) is 0 Å². The molecule has 0 saturated heterocycles. The zero-order valence-corrected chi connectivity index (χ0v) is 6.84. The first-order chi connectivity index (χ1) is 4.83. The van der Waals surface area contributed by atoms with Crippen LogP contribution in [0.4, 0.5) is 0 Å². The van der Waals surface area contributed by atoms with Gasteiger partial charge in [-0.25, -0.2) is 0 Å². The van der Waals surface area contributed by atoms with Crippen LogP contribution in [0.2, 0.25) is 0 Å². The highest BCUT2D eigenvalue weighted by Crippen LogP contribution is 2.27. The average Bonchev–Trinajstić information content (AvgIpc) is 1.95. The van der Waals surface area contributed by atoms with Gasteiger partial charge in [-0.3, -0.25) is 0 Å². The normalized spacial score (nSPS) is 34.2. The lowest BCUT2D eigenvalue weighted by molar-refractivity contribution is 0.106. The molecule has 60 valence electrons. The minimum atomic E-state index is 0.0214. The van der Waals surface area contributed by atoms with Gasteiger partial charge in [0.15, 0.2) is 0 Å². The van der Waals surface area contributed by atoms with Crippen molar-refractivity contribution in [2.75, 3.05) is 0 Å². The summed E-state index contributed by atoms with van der Waals surface area (Å²) in [6.45, 7) is 2.24. The van der Waals surface area contributed by atoms with Gasteiger partial charge in [0.2, 0.25) is 0 Å². The molecular formula is C9H18O. The van der Waals surface area contributed by atoms with E-state index in [1.54, 1.807) is 0 Å². The number of hydrogen-bond acceptors (Lipinski definition) is 1. The molecular weight excluding hydrogens is 124 g/mol. The summed E-state index contributed by atoms with van der Waals surface area (Å²) in [5.74, 6) is 0.924. The molecule has 0 bridgehead atoms. The molecule has 1 rings (SSSR count). The Morgan fingerprint density at radius 2 is 1.80 bits per heavy atom. The lowest BCUT2D eigenvalue weighted by Gasteiger charge is -2.24. The molecule has 0 atom stereocenters. The first-order valence-corrected chi connectivity index (χ1v) is 4.51. The number of aliphatic hydroxyl groups is 1. The molecule has 1 fully saturated rings. The van der Waals surface area contributed by atoms with Crippen LogP contribution in [-0.2, 0) is 0 Å². The van der Waals surface area contributed by atoms with Gasteiger partial charge in [-0.1, -0.05) is 19.8 Å². The van der Waals surface area contributed by atoms with E-state index in [1.165, 1.54) is 25.7 Å². The van der Waals surface area contributed by atoms with E-state index in [1.807, 2.05) is 0 Å². The first kappa shape index (κ1) is 8.06. The Balaban J connectivity index is 2.13. The van der Waals surface area contributed by atoms with E-state index >= 15 is 0 Å². The molecule has 1 saturated carbocycles. The first-order valence-electron chi connectivity index (χ1n) is 4.51. The Morgan fingerprint density at radius 3 is 2.30 bits per heavy atom. The van der Waals surface area contributed by atoms with E-state index in [0.717, 1.165) is 18.8 Å². The van der Waals surface area contributed by atoms with Gasteiger partial charge >= 0.3 is 0 Å². The van der Waals surface area contributed by atoms with E-state index in [9.17, 15) is 5.11 Å². The lowest BCUT2D eigenvalue weighted by Crippen LogP contribution is -2.17. The van der Waals surface area contributed by atoms with Gasteiger partial charge in [0.05, 0.1) is 6.10 Å². The second-order valence-corrected chi connectivity index (χ2v) is 3.46. The van der Waals surface area contributed by atoms with Gasteiger partial charge in [-0.05, 0) is 31.6 Å². The van der Waals surface area contributed by atoms with Crippen molar-refractivity contribution < 1.29 is 5.11 Å². The minimum Gasteiger partial charge on any atom is -0.393 e. The molecule has 1 N–H and O–H groups in total. The molecule has 1 nitrogen and oxygen atoms in total. The maximum Gasteiger partial charge on any atom is 0.0540 e. The van der Waals surface area contributed by atoms with Crippen molar-refractivity contribution in [3.8, 4) is 0 Å². The van der Waals surface area contributed by atoms with Crippen molar-refractivity contribution in [1.82, 2.24) is 0 Å². The van der Waals surface area contributed by atoms with Crippen molar-refractivity contribution in [3.05, 3.63) is 0 Å². The van der Waals surface area contributed by atoms with Crippen molar-refractivity contribution in [2.45, 2.75) is 51.6 Å². The van der Waals surface area contributed by atoms with Gasteiger partial charge in [0.25, 0.3) is 0 Å². The number of aliphatic hydroxyl groups excluding tert-OH is 1. The van der Waals surface area contributed by atoms with E-state index in [4.69, 9.17) is 0 Å². The molecule has 0 aliphatic heterocycles. The zero-order chi connectivity index (χ0) is 7.40. The Labute approximate surface area is 63.4 Å². The summed E-state index contributed by atoms with van der Waals surface area (Å²) in [5, 5.41) is 9.20. The fraction of sp³-hybridized carbons (Fsp3) is 1.00. The predicted octanol–water partition coefficient (Wildman–Crippen LogP) is 2.34. The summed E-state index contributed by atoms with van der Waals surface area (Å²) in [7, 11) is 0. The molecule has 0 amide bonds. The van der Waals surface area contributed by atoms with E-state index in [-0.39, 0.29) is 6.10 Å². The third-order valence-electron chi connectivity index (χ3n) is 2.51. The summed E-state index contributed by atoms with van der Waals surface area (Å²) < 4.78 is 0. The van der Waals surface area contributed by atoms with Crippen LogP contribution >= 0.6 is 0 Å². The maximum atomic E-state index is 9.20. The largest absolute Gasteiger partial charge is 0.393 e.